The molecule has 0 aliphatic rings. The van der Waals surface area contributed by atoms with Crippen LogP contribution >= 0.6 is 11.3 Å². The number of hydrogen-bond donors (Lipinski definition) is 1. The Bertz CT molecular complexity index is 305. The van der Waals surface area contributed by atoms with Gasteiger partial charge in [-0.15, -0.1) is 11.3 Å². The summed E-state index contributed by atoms with van der Waals surface area (Å²) in [5.41, 5.74) is 5.72. The molecule has 0 amide bonds. The molecule has 0 aromatic carbocycles. The smallest absolute Gasteiger partial charge is 0.0984 e. The average molecular weight is 227 g/mol. The molecule has 2 N–H and O–H groups in total. The van der Waals surface area contributed by atoms with E-state index in [0.29, 0.717) is 0 Å². The van der Waals surface area contributed by atoms with Crippen LogP contribution in [0.2, 0.25) is 0 Å². The van der Waals surface area contributed by atoms with Crippen molar-refractivity contribution in [2.24, 2.45) is 5.73 Å². The van der Waals surface area contributed by atoms with Crippen LogP contribution in [0.25, 0.3) is 0 Å². The highest BCUT2D eigenvalue weighted by Gasteiger charge is 2.23. The molecular weight excluding hydrogens is 206 g/mol. The van der Waals surface area contributed by atoms with Crippen molar-refractivity contribution in [1.29, 1.82) is 0 Å². The van der Waals surface area contributed by atoms with E-state index >= 15 is 0 Å². The molecule has 0 radical (unpaired) electrons. The Morgan fingerprint density at radius 2 is 2.13 bits per heavy atom. The normalized spacial score (nSPS) is 12.4. The number of nitrogens with zero attached hydrogens (tertiary/aromatic N) is 2. The minimum absolute atomic E-state index is 0.115. The number of hydrogen-bond acceptors (Lipinski definition) is 4. The van der Waals surface area contributed by atoms with Gasteiger partial charge in [0.15, 0.2) is 0 Å². The first-order chi connectivity index (χ1) is 6.95. The van der Waals surface area contributed by atoms with E-state index in [1.54, 1.807) is 11.3 Å². The molecule has 0 atom stereocenters. The number of thiazole rings is 1. The first-order valence-electron chi connectivity index (χ1n) is 5.25. The fraction of sp³-hybridized carbons (Fsp3) is 0.727. The monoisotopic (exact) mass is 227 g/mol. The maximum absolute atomic E-state index is 5.61. The molecule has 1 aromatic heterocycles. The van der Waals surface area contributed by atoms with Crippen molar-refractivity contribution in [1.82, 2.24) is 9.88 Å². The molecule has 0 aliphatic heterocycles. The first-order valence-corrected chi connectivity index (χ1v) is 6.07. The fourth-order valence-electron chi connectivity index (χ4n) is 1.47. The average Bonchev–Trinajstić information content (AvgIpc) is 2.51. The lowest BCUT2D eigenvalue weighted by molar-refractivity contribution is 0.406. The Balaban J connectivity index is 2.74. The van der Waals surface area contributed by atoms with Gasteiger partial charge in [-0.1, -0.05) is 13.8 Å². The molecular formula is C11H21N3S. The van der Waals surface area contributed by atoms with Crippen LogP contribution in [0, 0.1) is 0 Å². The van der Waals surface area contributed by atoms with E-state index in [9.17, 15) is 0 Å². The van der Waals surface area contributed by atoms with Gasteiger partial charge in [0.25, 0.3) is 0 Å². The maximum atomic E-state index is 5.61. The third kappa shape index (κ3) is 3.55. The molecule has 86 valence electrons. The first kappa shape index (κ1) is 12.6. The second-order valence-corrected chi connectivity index (χ2v) is 5.91. The zero-order chi connectivity index (χ0) is 11.5. The molecule has 0 saturated heterocycles. The number of rotatable bonds is 5. The standard InChI is InChI=1S/C11H21N3S/c1-11(2,5-6-12)10-13-7-9(15-10)8-14(3)4/h7H,5-6,8,12H2,1-4H3. The maximum Gasteiger partial charge on any atom is 0.0984 e. The quantitative estimate of drug-likeness (QED) is 0.834. The van der Waals surface area contributed by atoms with Gasteiger partial charge in [-0.25, -0.2) is 4.98 Å². The summed E-state index contributed by atoms with van der Waals surface area (Å²) in [7, 11) is 4.15. The predicted molar refractivity (Wildman–Crippen MR) is 66.2 cm³/mol. The van der Waals surface area contributed by atoms with Gasteiger partial charge in [0, 0.05) is 23.0 Å². The highest BCUT2D eigenvalue weighted by Crippen LogP contribution is 2.30. The summed E-state index contributed by atoms with van der Waals surface area (Å²) in [6.07, 6.45) is 2.97. The molecule has 4 heteroatoms. The van der Waals surface area contributed by atoms with Crippen molar-refractivity contribution in [3.63, 3.8) is 0 Å². The number of aromatic nitrogens is 1. The zero-order valence-electron chi connectivity index (χ0n) is 10.1. The van der Waals surface area contributed by atoms with Crippen LogP contribution in [0.5, 0.6) is 0 Å². The van der Waals surface area contributed by atoms with Gasteiger partial charge in [-0.3, -0.25) is 0 Å². The highest BCUT2D eigenvalue weighted by atomic mass is 32.1. The van der Waals surface area contributed by atoms with E-state index in [1.807, 2.05) is 6.20 Å². The van der Waals surface area contributed by atoms with E-state index in [-0.39, 0.29) is 5.41 Å². The fourth-order valence-corrected chi connectivity index (χ4v) is 2.63. The topological polar surface area (TPSA) is 42.2 Å². The van der Waals surface area contributed by atoms with Crippen LogP contribution < -0.4 is 5.73 Å². The highest BCUT2D eigenvalue weighted by molar-refractivity contribution is 7.11. The molecule has 0 saturated carbocycles. The molecule has 15 heavy (non-hydrogen) atoms. The van der Waals surface area contributed by atoms with Crippen LogP contribution in [0.3, 0.4) is 0 Å². The van der Waals surface area contributed by atoms with E-state index in [0.717, 1.165) is 19.5 Å². The Hall–Kier alpha value is -0.450. The predicted octanol–water partition coefficient (Wildman–Crippen LogP) is 1.83. The van der Waals surface area contributed by atoms with E-state index < -0.39 is 0 Å². The molecule has 0 aliphatic carbocycles. The molecule has 0 spiro atoms. The lowest BCUT2D eigenvalue weighted by Gasteiger charge is -2.20. The van der Waals surface area contributed by atoms with E-state index in [2.05, 4.69) is 37.8 Å². The largest absolute Gasteiger partial charge is 0.330 e. The summed E-state index contributed by atoms with van der Waals surface area (Å²) in [5, 5.41) is 1.20. The van der Waals surface area contributed by atoms with Crippen molar-refractivity contribution in [2.45, 2.75) is 32.2 Å². The second-order valence-electron chi connectivity index (χ2n) is 4.79. The van der Waals surface area contributed by atoms with E-state index in [1.165, 1.54) is 9.88 Å². The van der Waals surface area contributed by atoms with Gasteiger partial charge in [0.2, 0.25) is 0 Å². The summed E-state index contributed by atoms with van der Waals surface area (Å²) in [5.74, 6) is 0. The minimum atomic E-state index is 0.115. The van der Waals surface area contributed by atoms with Crippen LogP contribution in [-0.4, -0.2) is 30.5 Å². The summed E-state index contributed by atoms with van der Waals surface area (Å²) in [6, 6.07) is 0. The van der Waals surface area contributed by atoms with Gasteiger partial charge in [-0.05, 0) is 27.1 Å². The lowest BCUT2D eigenvalue weighted by Crippen LogP contribution is -2.21. The Kier molecular flexibility index (Phi) is 4.25. The lowest BCUT2D eigenvalue weighted by atomic mass is 9.90. The molecule has 1 rings (SSSR count). The molecule has 0 bridgehead atoms. The van der Waals surface area contributed by atoms with Crippen LogP contribution in [-0.2, 0) is 12.0 Å². The summed E-state index contributed by atoms with van der Waals surface area (Å²) in [6.45, 7) is 6.10. The molecule has 0 fully saturated rings. The second kappa shape index (κ2) is 5.05. The minimum Gasteiger partial charge on any atom is -0.330 e. The van der Waals surface area contributed by atoms with Gasteiger partial charge in [0.05, 0.1) is 5.01 Å². The summed E-state index contributed by atoms with van der Waals surface area (Å²) < 4.78 is 0. The van der Waals surface area contributed by atoms with Crippen LogP contribution in [0.1, 0.15) is 30.2 Å². The Morgan fingerprint density at radius 1 is 1.47 bits per heavy atom. The summed E-state index contributed by atoms with van der Waals surface area (Å²) in [4.78, 5) is 7.98. The van der Waals surface area contributed by atoms with Crippen molar-refractivity contribution in [3.05, 3.63) is 16.1 Å². The van der Waals surface area contributed by atoms with Gasteiger partial charge in [-0.2, -0.15) is 0 Å². The van der Waals surface area contributed by atoms with Gasteiger partial charge >= 0.3 is 0 Å². The third-order valence-electron chi connectivity index (χ3n) is 2.37. The van der Waals surface area contributed by atoms with Crippen LogP contribution in [0.4, 0.5) is 0 Å². The molecule has 1 heterocycles. The van der Waals surface area contributed by atoms with Crippen molar-refractivity contribution >= 4 is 11.3 Å². The zero-order valence-corrected chi connectivity index (χ0v) is 10.9. The van der Waals surface area contributed by atoms with E-state index in [4.69, 9.17) is 5.73 Å². The molecule has 0 unspecified atom stereocenters. The molecule has 3 nitrogen and oxygen atoms in total. The van der Waals surface area contributed by atoms with Crippen LogP contribution in [0.15, 0.2) is 6.20 Å². The number of nitrogens with two attached hydrogens (primary N) is 1. The van der Waals surface area contributed by atoms with Crippen molar-refractivity contribution < 1.29 is 0 Å². The SMILES string of the molecule is CN(C)Cc1cnc(C(C)(C)CCN)s1. The third-order valence-corrected chi connectivity index (χ3v) is 3.72. The molecule has 1 aromatic rings. The van der Waals surface area contributed by atoms with Crippen molar-refractivity contribution in [2.75, 3.05) is 20.6 Å². The Labute approximate surface area is 96.3 Å². The van der Waals surface area contributed by atoms with Gasteiger partial charge < -0.3 is 10.6 Å². The summed E-state index contributed by atoms with van der Waals surface area (Å²) >= 11 is 1.80. The van der Waals surface area contributed by atoms with Gasteiger partial charge in [0.1, 0.15) is 0 Å². The van der Waals surface area contributed by atoms with Crippen molar-refractivity contribution in [3.8, 4) is 0 Å². The Morgan fingerprint density at radius 3 is 2.67 bits per heavy atom.